The van der Waals surface area contributed by atoms with Crippen LogP contribution < -0.4 is 10.6 Å². The normalized spacial score (nSPS) is 21.3. The molecule has 5 aromatic rings. The van der Waals surface area contributed by atoms with Crippen molar-refractivity contribution in [2.24, 2.45) is 11.8 Å². The van der Waals surface area contributed by atoms with Crippen molar-refractivity contribution in [3.05, 3.63) is 83.7 Å². The second-order valence-corrected chi connectivity index (χ2v) is 18.4. The third kappa shape index (κ3) is 7.82. The second-order valence-electron chi connectivity index (χ2n) is 18.4. The quantitative estimate of drug-likeness (QED) is 0.102. The van der Waals surface area contributed by atoms with Crippen molar-refractivity contribution in [3.63, 3.8) is 0 Å². The van der Waals surface area contributed by atoms with Gasteiger partial charge in [0.2, 0.25) is 11.8 Å². The topological polar surface area (TPSA) is 175 Å². The van der Waals surface area contributed by atoms with Crippen LogP contribution in [0.5, 0.6) is 0 Å². The molecule has 6 atom stereocenters. The molecule has 2 saturated heterocycles. The predicted molar refractivity (Wildman–Crippen MR) is 240 cm³/mol. The first-order chi connectivity index (χ1) is 30.4. The van der Waals surface area contributed by atoms with Crippen molar-refractivity contribution in [2.75, 3.05) is 27.3 Å². The lowest BCUT2D eigenvalue weighted by Gasteiger charge is -2.30. The number of H-pyrrole nitrogens is 2. The maximum atomic E-state index is 13.8. The van der Waals surface area contributed by atoms with Gasteiger partial charge in [-0.1, -0.05) is 64.1 Å². The molecule has 0 spiro atoms. The number of hydrogen-bond donors (Lipinski definition) is 4. The number of ether oxygens (including phenoxy) is 2. The Labute approximate surface area is 367 Å². The highest BCUT2D eigenvalue weighted by atomic mass is 16.5. The van der Waals surface area contributed by atoms with Crippen LogP contribution in [0.3, 0.4) is 0 Å². The highest BCUT2D eigenvalue weighted by molar-refractivity contribution is 5.92. The van der Waals surface area contributed by atoms with E-state index >= 15 is 0 Å². The average Bonchev–Trinajstić information content (AvgIpc) is 4.15. The van der Waals surface area contributed by atoms with Crippen LogP contribution in [0.2, 0.25) is 0 Å². The molecule has 4 aliphatic rings. The molecule has 3 fully saturated rings. The number of aromatic nitrogens is 4. The summed E-state index contributed by atoms with van der Waals surface area (Å²) in [7, 11) is 2.61. The van der Waals surface area contributed by atoms with Gasteiger partial charge in [0, 0.05) is 24.2 Å². The number of likely N-dealkylation sites (tertiary alicyclic amines) is 2. The van der Waals surface area contributed by atoms with Crippen molar-refractivity contribution in [1.29, 1.82) is 0 Å². The smallest absolute Gasteiger partial charge is 0.407 e. The number of rotatable bonds is 11. The van der Waals surface area contributed by atoms with E-state index in [4.69, 9.17) is 19.4 Å². The van der Waals surface area contributed by atoms with Gasteiger partial charge in [0.05, 0.1) is 50.1 Å². The van der Waals surface area contributed by atoms with Crippen LogP contribution in [0.4, 0.5) is 9.59 Å². The highest BCUT2D eigenvalue weighted by Gasteiger charge is 2.42. The maximum Gasteiger partial charge on any atom is 0.407 e. The van der Waals surface area contributed by atoms with E-state index in [1.54, 1.807) is 0 Å². The molecule has 2 aromatic heterocycles. The van der Waals surface area contributed by atoms with Gasteiger partial charge in [-0.15, -0.1) is 0 Å². The Balaban J connectivity index is 0.951. The minimum Gasteiger partial charge on any atom is -0.453 e. The molecule has 2 aliphatic heterocycles. The predicted octanol–water partition coefficient (Wildman–Crippen LogP) is 8.74. The fraction of sp³-hybridized carbons (Fsp3) is 0.469. The van der Waals surface area contributed by atoms with E-state index in [0.717, 1.165) is 71.5 Å². The third-order valence-electron chi connectivity index (χ3n) is 14.0. The lowest BCUT2D eigenvalue weighted by Crippen LogP contribution is -2.51. The summed E-state index contributed by atoms with van der Waals surface area (Å²) in [6, 6.07) is 16.0. The van der Waals surface area contributed by atoms with E-state index in [1.165, 1.54) is 54.9 Å². The SMILES string of the molecule is COC(=O)N[C@H](C(=O)N1CCC[C@H]1c1ncc(-c2ccc(-c3ccc4cc(-c5cnc([C@@H]6CCCN6C(=O)[C@H](NC(=O)OC)C(C)C)[nH]5)ccc4c3)c3c2C2CCC3C2)[nH]1)C(C)C. The monoisotopic (exact) mass is 854 g/mol. The Hall–Kier alpha value is -6.18. The summed E-state index contributed by atoms with van der Waals surface area (Å²) in [5.41, 5.74) is 9.43. The molecule has 330 valence electrons. The first-order valence-corrected chi connectivity index (χ1v) is 22.5. The number of hydrogen-bond acceptors (Lipinski definition) is 8. The minimum absolute atomic E-state index is 0.101. The first kappa shape index (κ1) is 42.1. The van der Waals surface area contributed by atoms with Crippen LogP contribution in [-0.2, 0) is 19.1 Å². The zero-order valence-corrected chi connectivity index (χ0v) is 37.0. The number of carbonyl (C=O) groups is 4. The number of benzene rings is 3. The van der Waals surface area contributed by atoms with Gasteiger partial charge in [0.1, 0.15) is 23.7 Å². The molecule has 2 bridgehead atoms. The molecule has 4 N–H and O–H groups in total. The molecule has 0 radical (unpaired) electrons. The molecule has 2 unspecified atom stereocenters. The molecule has 1 saturated carbocycles. The molecule has 14 nitrogen and oxygen atoms in total. The Bertz CT molecular complexity index is 2560. The zero-order valence-electron chi connectivity index (χ0n) is 37.0. The standard InChI is InChI=1S/C49H58N8O6/c1-26(2)42(54-48(60)62-5)46(58)56-19-7-9-38(56)44-50-24-36(52-44)31-14-12-28-21-30(13-11-29(28)22-31)34-17-18-35(41-33-16-15-32(23-33)40(34)41)37-25-51-45(53-37)39-10-8-20-57(39)47(59)43(27(3)4)55-49(61)63-6/h11-14,17-18,21-22,24-27,32-33,38-39,42-43H,7-10,15-16,19-20,23H2,1-6H3,(H,50,52)(H,51,53)(H,54,60)(H,55,61)/t32?,33?,38-,39-,42+,43-/m0/s1. The van der Waals surface area contributed by atoms with Gasteiger partial charge in [0.25, 0.3) is 0 Å². The number of aromatic amines is 2. The minimum atomic E-state index is -0.687. The largest absolute Gasteiger partial charge is 0.453 e. The number of methoxy groups -OCH3 is 2. The molecule has 3 aromatic carbocycles. The van der Waals surface area contributed by atoms with Crippen LogP contribution in [0.1, 0.15) is 119 Å². The van der Waals surface area contributed by atoms with Crippen molar-refractivity contribution in [1.82, 2.24) is 40.4 Å². The number of nitrogens with one attached hydrogen (secondary N) is 4. The van der Waals surface area contributed by atoms with E-state index in [0.29, 0.717) is 24.9 Å². The molecule has 9 rings (SSSR count). The summed E-state index contributed by atoms with van der Waals surface area (Å²) in [5, 5.41) is 7.74. The summed E-state index contributed by atoms with van der Waals surface area (Å²) in [4.78, 5) is 72.1. The number of imidazole rings is 2. The Morgan fingerprint density at radius 3 is 1.65 bits per heavy atom. The Kier molecular flexibility index (Phi) is 11.5. The fourth-order valence-electron chi connectivity index (χ4n) is 10.8. The van der Waals surface area contributed by atoms with Gasteiger partial charge in [-0.2, -0.15) is 0 Å². The fourth-order valence-corrected chi connectivity index (χ4v) is 10.8. The summed E-state index contributed by atoms with van der Waals surface area (Å²) in [5.74, 6) is 2.08. The summed E-state index contributed by atoms with van der Waals surface area (Å²) in [6.07, 6.45) is 9.38. The number of fused-ring (bicyclic) bond motifs is 6. The third-order valence-corrected chi connectivity index (χ3v) is 14.0. The average molecular weight is 855 g/mol. The lowest BCUT2D eigenvalue weighted by atomic mass is 9.82. The van der Waals surface area contributed by atoms with Crippen molar-refractivity contribution < 1.29 is 28.7 Å². The Morgan fingerprint density at radius 2 is 1.11 bits per heavy atom. The van der Waals surface area contributed by atoms with Crippen LogP contribution in [0.15, 0.2) is 60.9 Å². The van der Waals surface area contributed by atoms with E-state index in [1.807, 2.05) is 49.9 Å². The molecule has 14 heteroatoms. The van der Waals surface area contributed by atoms with Crippen molar-refractivity contribution in [3.8, 4) is 33.6 Å². The van der Waals surface area contributed by atoms with E-state index in [-0.39, 0.29) is 35.7 Å². The van der Waals surface area contributed by atoms with Gasteiger partial charge >= 0.3 is 12.2 Å². The number of nitrogens with zero attached hydrogens (tertiary/aromatic N) is 4. The molecule has 4 amide bonds. The van der Waals surface area contributed by atoms with Gasteiger partial charge in [-0.05, 0) is 114 Å². The van der Waals surface area contributed by atoms with Gasteiger partial charge < -0.3 is 39.9 Å². The number of carbonyl (C=O) groups excluding carboxylic acids is 4. The maximum absolute atomic E-state index is 13.8. The van der Waals surface area contributed by atoms with Gasteiger partial charge in [0.15, 0.2) is 0 Å². The molecular weight excluding hydrogens is 797 g/mol. The van der Waals surface area contributed by atoms with Crippen LogP contribution in [0, 0.1) is 11.8 Å². The number of alkyl carbamates (subject to hydrolysis) is 2. The van der Waals surface area contributed by atoms with Crippen LogP contribution in [-0.4, -0.2) is 93.1 Å². The van der Waals surface area contributed by atoms with E-state index < -0.39 is 24.3 Å². The highest BCUT2D eigenvalue weighted by Crippen LogP contribution is 2.58. The van der Waals surface area contributed by atoms with Crippen molar-refractivity contribution in [2.45, 2.75) is 109 Å². The lowest BCUT2D eigenvalue weighted by molar-refractivity contribution is -0.136. The van der Waals surface area contributed by atoms with E-state index in [9.17, 15) is 19.2 Å². The van der Waals surface area contributed by atoms with Crippen LogP contribution in [0.25, 0.3) is 44.4 Å². The molecule has 2 aliphatic carbocycles. The van der Waals surface area contributed by atoms with Crippen molar-refractivity contribution >= 4 is 34.8 Å². The Morgan fingerprint density at radius 1 is 0.635 bits per heavy atom. The molecular formula is C49H58N8O6. The summed E-state index contributed by atoms with van der Waals surface area (Å²) >= 11 is 0. The van der Waals surface area contributed by atoms with E-state index in [2.05, 4.69) is 69.1 Å². The molecule has 63 heavy (non-hydrogen) atoms. The zero-order chi connectivity index (χ0) is 44.1. The summed E-state index contributed by atoms with van der Waals surface area (Å²) < 4.78 is 9.61. The second kappa shape index (κ2) is 17.2. The van der Waals surface area contributed by atoms with Gasteiger partial charge in [-0.25, -0.2) is 19.6 Å². The molecule has 4 heterocycles. The van der Waals surface area contributed by atoms with Crippen LogP contribution >= 0.6 is 0 Å². The number of amides is 4. The summed E-state index contributed by atoms with van der Waals surface area (Å²) in [6.45, 7) is 8.89. The van der Waals surface area contributed by atoms with Gasteiger partial charge in [-0.3, -0.25) is 9.59 Å². The first-order valence-electron chi connectivity index (χ1n) is 22.5.